The Bertz CT molecular complexity index is 938. The maximum absolute atomic E-state index is 13.2. The summed E-state index contributed by atoms with van der Waals surface area (Å²) in [6, 6.07) is 15.0. The normalized spacial score (nSPS) is 18.2. The fourth-order valence-corrected chi connectivity index (χ4v) is 5.93. The molecule has 0 saturated carbocycles. The molecule has 0 N–H and O–H groups in total. The fourth-order valence-electron chi connectivity index (χ4n) is 3.22. The number of fused-ring (bicyclic) bond motifs is 1. The molecule has 0 spiro atoms. The van der Waals surface area contributed by atoms with Gasteiger partial charge in [-0.1, -0.05) is 30.3 Å². The van der Waals surface area contributed by atoms with E-state index in [4.69, 9.17) is 0 Å². The lowest BCUT2D eigenvalue weighted by molar-refractivity contribution is 0.345. The smallest absolute Gasteiger partial charge is 0.253 e. The highest BCUT2D eigenvalue weighted by Gasteiger charge is 2.37. The summed E-state index contributed by atoms with van der Waals surface area (Å²) < 4.78 is 28.3. The van der Waals surface area contributed by atoms with Gasteiger partial charge in [-0.2, -0.15) is 4.31 Å². The lowest BCUT2D eigenvalue weighted by atomic mass is 9.90. The summed E-state index contributed by atoms with van der Waals surface area (Å²) in [5, 5.41) is 1.80. The summed E-state index contributed by atoms with van der Waals surface area (Å²) in [7, 11) is -3.53. The van der Waals surface area contributed by atoms with Gasteiger partial charge in [0.05, 0.1) is 6.04 Å². The average Bonchev–Trinajstić information content (AvgIpc) is 3.17. The van der Waals surface area contributed by atoms with Crippen molar-refractivity contribution in [3.63, 3.8) is 0 Å². The third-order valence-electron chi connectivity index (χ3n) is 4.32. The molecule has 6 heteroatoms. The van der Waals surface area contributed by atoms with Gasteiger partial charge in [-0.3, -0.25) is 4.98 Å². The first-order valence-corrected chi connectivity index (χ1v) is 10.0. The Hall–Kier alpha value is -2.02. The van der Waals surface area contributed by atoms with Crippen molar-refractivity contribution in [2.45, 2.75) is 16.7 Å². The largest absolute Gasteiger partial charge is 0.265 e. The number of pyridine rings is 1. The number of benzene rings is 1. The number of sulfonamides is 1. The molecule has 0 bridgehead atoms. The van der Waals surface area contributed by atoms with Crippen LogP contribution in [0, 0.1) is 0 Å². The van der Waals surface area contributed by atoms with Gasteiger partial charge in [0, 0.05) is 18.9 Å². The number of rotatable bonds is 3. The molecule has 1 aliphatic rings. The molecule has 0 amide bonds. The van der Waals surface area contributed by atoms with E-state index >= 15 is 0 Å². The van der Waals surface area contributed by atoms with Gasteiger partial charge in [-0.25, -0.2) is 8.42 Å². The monoisotopic (exact) mass is 356 g/mol. The Morgan fingerprint density at radius 1 is 1.04 bits per heavy atom. The minimum absolute atomic E-state index is 0.315. The van der Waals surface area contributed by atoms with Crippen LogP contribution in [0.5, 0.6) is 0 Å². The summed E-state index contributed by atoms with van der Waals surface area (Å²) in [5.74, 6) is 0. The molecule has 2 aromatic heterocycles. The van der Waals surface area contributed by atoms with Crippen LogP contribution in [0.4, 0.5) is 0 Å². The van der Waals surface area contributed by atoms with Crippen LogP contribution in [0.15, 0.2) is 70.5 Å². The van der Waals surface area contributed by atoms with Crippen LogP contribution in [0.3, 0.4) is 0 Å². The van der Waals surface area contributed by atoms with Crippen molar-refractivity contribution in [3.05, 3.63) is 83.0 Å². The Morgan fingerprint density at radius 2 is 1.83 bits per heavy atom. The first kappa shape index (κ1) is 15.5. The second-order valence-electron chi connectivity index (χ2n) is 5.68. The molecule has 0 saturated heterocycles. The molecule has 3 heterocycles. The van der Waals surface area contributed by atoms with Gasteiger partial charge in [-0.15, -0.1) is 11.3 Å². The van der Waals surface area contributed by atoms with Crippen LogP contribution in [0.25, 0.3) is 0 Å². The topological polar surface area (TPSA) is 50.3 Å². The number of aromatic nitrogens is 1. The van der Waals surface area contributed by atoms with E-state index in [0.29, 0.717) is 10.8 Å². The van der Waals surface area contributed by atoms with Crippen LogP contribution in [0.2, 0.25) is 0 Å². The summed E-state index contributed by atoms with van der Waals surface area (Å²) >= 11 is 1.26. The van der Waals surface area contributed by atoms with Gasteiger partial charge >= 0.3 is 0 Å². The van der Waals surface area contributed by atoms with E-state index < -0.39 is 10.0 Å². The van der Waals surface area contributed by atoms with Crippen LogP contribution in [-0.2, 0) is 16.4 Å². The van der Waals surface area contributed by atoms with Gasteiger partial charge in [-0.05, 0) is 46.7 Å². The Kier molecular flexibility index (Phi) is 3.96. The van der Waals surface area contributed by atoms with Crippen LogP contribution < -0.4 is 0 Å². The highest BCUT2D eigenvalue weighted by molar-refractivity contribution is 7.91. The molecule has 1 aliphatic heterocycles. The summed E-state index contributed by atoms with van der Waals surface area (Å²) in [5.41, 5.74) is 3.20. The molecule has 1 aromatic carbocycles. The van der Waals surface area contributed by atoms with Crippen molar-refractivity contribution < 1.29 is 8.42 Å². The second kappa shape index (κ2) is 6.12. The first-order chi connectivity index (χ1) is 11.7. The molecule has 4 rings (SSSR count). The van der Waals surface area contributed by atoms with Crippen molar-refractivity contribution in [1.82, 2.24) is 9.29 Å². The highest BCUT2D eigenvalue weighted by atomic mass is 32.2. The van der Waals surface area contributed by atoms with E-state index in [1.54, 1.807) is 34.2 Å². The molecule has 3 aromatic rings. The minimum atomic E-state index is -3.53. The van der Waals surface area contributed by atoms with Crippen molar-refractivity contribution in [2.24, 2.45) is 0 Å². The Balaban J connectivity index is 1.88. The SMILES string of the molecule is O=S(=O)(c1cccs1)N1CCc2ccccc2C1c1ccncc1. The molecule has 0 fully saturated rings. The zero-order valence-corrected chi connectivity index (χ0v) is 14.5. The third-order valence-corrected chi connectivity index (χ3v) is 7.56. The van der Waals surface area contributed by atoms with Crippen LogP contribution in [-0.4, -0.2) is 24.3 Å². The maximum Gasteiger partial charge on any atom is 0.253 e. The van der Waals surface area contributed by atoms with E-state index in [-0.39, 0.29) is 6.04 Å². The highest BCUT2D eigenvalue weighted by Crippen LogP contribution is 2.39. The standard InChI is InChI=1S/C18H16N2O2S2/c21-24(22,17-6-3-13-23-17)20-12-9-14-4-1-2-5-16(14)18(20)15-7-10-19-11-8-15/h1-8,10-11,13,18H,9,12H2. The number of nitrogens with zero attached hydrogens (tertiary/aromatic N) is 2. The molecular formula is C18H16N2O2S2. The fraction of sp³-hybridized carbons (Fsp3) is 0.167. The lowest BCUT2D eigenvalue weighted by Crippen LogP contribution is -2.40. The number of hydrogen-bond donors (Lipinski definition) is 0. The van der Waals surface area contributed by atoms with Gasteiger partial charge in [0.1, 0.15) is 4.21 Å². The van der Waals surface area contributed by atoms with E-state index in [9.17, 15) is 8.42 Å². The predicted molar refractivity (Wildman–Crippen MR) is 94.4 cm³/mol. The molecular weight excluding hydrogens is 340 g/mol. The first-order valence-electron chi connectivity index (χ1n) is 7.71. The molecule has 0 radical (unpaired) electrons. The van der Waals surface area contributed by atoms with Crippen molar-refractivity contribution in [1.29, 1.82) is 0 Å². The van der Waals surface area contributed by atoms with Crippen molar-refractivity contribution >= 4 is 21.4 Å². The Labute approximate surface area is 145 Å². The lowest BCUT2D eigenvalue weighted by Gasteiger charge is -2.36. The summed E-state index contributed by atoms with van der Waals surface area (Å²) in [4.78, 5) is 4.07. The molecule has 1 unspecified atom stereocenters. The molecule has 122 valence electrons. The van der Waals surface area contributed by atoms with E-state index in [1.807, 2.05) is 30.3 Å². The van der Waals surface area contributed by atoms with E-state index in [0.717, 1.165) is 17.5 Å². The van der Waals surface area contributed by atoms with E-state index in [1.165, 1.54) is 16.9 Å². The predicted octanol–water partition coefficient (Wildman–Crippen LogP) is 3.48. The van der Waals surface area contributed by atoms with Gasteiger partial charge in [0.25, 0.3) is 10.0 Å². The van der Waals surface area contributed by atoms with Crippen molar-refractivity contribution in [3.8, 4) is 0 Å². The second-order valence-corrected chi connectivity index (χ2v) is 8.74. The van der Waals surface area contributed by atoms with E-state index in [2.05, 4.69) is 11.1 Å². The molecule has 4 nitrogen and oxygen atoms in total. The number of thiophene rings is 1. The zero-order valence-electron chi connectivity index (χ0n) is 12.9. The zero-order chi connectivity index (χ0) is 16.6. The molecule has 1 atom stereocenters. The van der Waals surface area contributed by atoms with Crippen LogP contribution >= 0.6 is 11.3 Å². The van der Waals surface area contributed by atoms with Crippen molar-refractivity contribution in [2.75, 3.05) is 6.54 Å². The Morgan fingerprint density at radius 3 is 2.58 bits per heavy atom. The number of hydrogen-bond acceptors (Lipinski definition) is 4. The third kappa shape index (κ3) is 2.56. The molecule has 0 aliphatic carbocycles. The van der Waals surface area contributed by atoms with Gasteiger partial charge in [0.2, 0.25) is 0 Å². The quantitative estimate of drug-likeness (QED) is 0.722. The maximum atomic E-state index is 13.2. The van der Waals surface area contributed by atoms with Gasteiger partial charge < -0.3 is 0 Å². The molecule has 24 heavy (non-hydrogen) atoms. The summed E-state index contributed by atoms with van der Waals surface area (Å²) in [6.07, 6.45) is 4.15. The minimum Gasteiger partial charge on any atom is -0.265 e. The van der Waals surface area contributed by atoms with Gasteiger partial charge in [0.15, 0.2) is 0 Å². The average molecular weight is 356 g/mol. The summed E-state index contributed by atoms with van der Waals surface area (Å²) in [6.45, 7) is 0.476. The van der Waals surface area contributed by atoms with Crippen LogP contribution in [0.1, 0.15) is 22.7 Å².